The minimum atomic E-state index is -0.589. The number of benzene rings is 1. The normalized spacial score (nSPS) is 15.3. The fourth-order valence-corrected chi connectivity index (χ4v) is 2.25. The molecule has 2 heterocycles. The number of pyridine rings is 1. The maximum atomic E-state index is 11.8. The van der Waals surface area contributed by atoms with Crippen LogP contribution < -0.4 is 14.8 Å². The molecule has 1 N–H and O–H groups in total. The lowest BCUT2D eigenvalue weighted by atomic mass is 10.2. The van der Waals surface area contributed by atoms with Crippen molar-refractivity contribution in [1.82, 2.24) is 10.3 Å². The van der Waals surface area contributed by atoms with E-state index >= 15 is 0 Å². The Labute approximate surface area is 144 Å². The Bertz CT molecular complexity index is 760. The van der Waals surface area contributed by atoms with Crippen LogP contribution in [0, 0.1) is 6.92 Å². The fraction of sp³-hybridized carbons (Fsp3) is 0.278. The molecule has 0 aliphatic carbocycles. The largest absolute Gasteiger partial charge is 0.486 e. The number of carbonyl (C=O) groups is 2. The highest BCUT2D eigenvalue weighted by molar-refractivity contribution is 5.91. The van der Waals surface area contributed by atoms with Gasteiger partial charge in [-0.05, 0) is 31.2 Å². The second kappa shape index (κ2) is 7.65. The molecule has 1 atom stereocenters. The van der Waals surface area contributed by atoms with E-state index in [1.165, 1.54) is 6.20 Å². The van der Waals surface area contributed by atoms with Crippen molar-refractivity contribution >= 4 is 11.9 Å². The average molecular weight is 342 g/mol. The number of nitrogens with zero attached hydrogens (tertiary/aromatic N) is 1. The molecule has 0 bridgehead atoms. The lowest BCUT2D eigenvalue weighted by Crippen LogP contribution is -2.42. The molecular formula is C18H18N2O5. The molecule has 3 rings (SSSR count). The number of para-hydroxylation sites is 2. The lowest BCUT2D eigenvalue weighted by Gasteiger charge is -2.26. The number of aromatic nitrogens is 1. The van der Waals surface area contributed by atoms with Crippen LogP contribution in [0.15, 0.2) is 42.6 Å². The second-order valence-electron chi connectivity index (χ2n) is 5.57. The molecule has 130 valence electrons. The summed E-state index contributed by atoms with van der Waals surface area (Å²) in [5.41, 5.74) is 1.10. The highest BCUT2D eigenvalue weighted by Gasteiger charge is 2.21. The van der Waals surface area contributed by atoms with Crippen molar-refractivity contribution in [2.24, 2.45) is 0 Å². The lowest BCUT2D eigenvalue weighted by molar-refractivity contribution is -0.124. The van der Waals surface area contributed by atoms with E-state index in [2.05, 4.69) is 10.3 Å². The molecule has 1 aliphatic rings. The van der Waals surface area contributed by atoms with E-state index in [0.29, 0.717) is 23.7 Å². The number of carbonyl (C=O) groups excluding carboxylic acids is 2. The maximum Gasteiger partial charge on any atom is 0.340 e. The van der Waals surface area contributed by atoms with E-state index in [1.807, 2.05) is 25.1 Å². The van der Waals surface area contributed by atoms with Gasteiger partial charge in [0.1, 0.15) is 12.7 Å². The molecule has 1 aromatic heterocycles. The first-order chi connectivity index (χ1) is 12.1. The zero-order valence-corrected chi connectivity index (χ0v) is 13.7. The molecule has 0 spiro atoms. The van der Waals surface area contributed by atoms with Crippen molar-refractivity contribution in [2.75, 3.05) is 19.8 Å². The number of nitrogens with one attached hydrogen (secondary N) is 1. The quantitative estimate of drug-likeness (QED) is 0.829. The molecule has 0 saturated heterocycles. The van der Waals surface area contributed by atoms with E-state index in [9.17, 15) is 9.59 Å². The Hall–Kier alpha value is -3.09. The van der Waals surface area contributed by atoms with Crippen LogP contribution in [0.25, 0.3) is 0 Å². The van der Waals surface area contributed by atoms with Crippen molar-refractivity contribution in [3.8, 4) is 11.5 Å². The van der Waals surface area contributed by atoms with Crippen LogP contribution >= 0.6 is 0 Å². The third-order valence-corrected chi connectivity index (χ3v) is 3.58. The van der Waals surface area contributed by atoms with Gasteiger partial charge in [0.15, 0.2) is 18.1 Å². The Morgan fingerprint density at radius 2 is 2.04 bits per heavy atom. The molecule has 7 nitrogen and oxygen atoms in total. The van der Waals surface area contributed by atoms with E-state index in [0.717, 1.165) is 5.69 Å². The van der Waals surface area contributed by atoms with E-state index in [4.69, 9.17) is 14.2 Å². The summed E-state index contributed by atoms with van der Waals surface area (Å²) in [5, 5.41) is 2.66. The van der Waals surface area contributed by atoms with Crippen LogP contribution in [0.2, 0.25) is 0 Å². The zero-order chi connectivity index (χ0) is 17.6. The Balaban J connectivity index is 1.41. The third kappa shape index (κ3) is 4.47. The van der Waals surface area contributed by atoms with Crippen molar-refractivity contribution < 1.29 is 23.8 Å². The molecular weight excluding hydrogens is 324 g/mol. The Morgan fingerprint density at radius 1 is 1.24 bits per heavy atom. The van der Waals surface area contributed by atoms with E-state index < -0.39 is 11.9 Å². The number of esters is 1. The van der Waals surface area contributed by atoms with Gasteiger partial charge in [-0.2, -0.15) is 0 Å². The van der Waals surface area contributed by atoms with Gasteiger partial charge in [-0.15, -0.1) is 0 Å². The minimum Gasteiger partial charge on any atom is -0.486 e. The number of amides is 1. The van der Waals surface area contributed by atoms with Crippen molar-refractivity contribution in [3.63, 3.8) is 0 Å². The van der Waals surface area contributed by atoms with Crippen LogP contribution in [0.4, 0.5) is 0 Å². The van der Waals surface area contributed by atoms with Gasteiger partial charge >= 0.3 is 5.97 Å². The molecule has 1 amide bonds. The number of fused-ring (bicyclic) bond motifs is 1. The number of ether oxygens (including phenoxy) is 3. The van der Waals surface area contributed by atoms with E-state index in [-0.39, 0.29) is 19.3 Å². The molecule has 0 radical (unpaired) electrons. The van der Waals surface area contributed by atoms with Gasteiger partial charge in [0.05, 0.1) is 12.1 Å². The minimum absolute atomic E-state index is 0.261. The van der Waals surface area contributed by atoms with Gasteiger partial charge in [0.2, 0.25) is 0 Å². The predicted octanol–water partition coefficient (Wildman–Crippen LogP) is 1.50. The van der Waals surface area contributed by atoms with Crippen LogP contribution in [0.5, 0.6) is 11.5 Å². The van der Waals surface area contributed by atoms with Gasteiger partial charge in [-0.3, -0.25) is 9.78 Å². The van der Waals surface area contributed by atoms with Gasteiger partial charge in [-0.25, -0.2) is 4.79 Å². The molecule has 7 heteroatoms. The summed E-state index contributed by atoms with van der Waals surface area (Å²) in [6.07, 6.45) is 1.12. The van der Waals surface area contributed by atoms with E-state index in [1.54, 1.807) is 18.2 Å². The summed E-state index contributed by atoms with van der Waals surface area (Å²) in [7, 11) is 0. The first-order valence-electron chi connectivity index (χ1n) is 7.87. The fourth-order valence-electron chi connectivity index (χ4n) is 2.25. The molecule has 0 saturated carbocycles. The smallest absolute Gasteiger partial charge is 0.340 e. The first kappa shape index (κ1) is 16.8. The Morgan fingerprint density at radius 3 is 2.80 bits per heavy atom. The van der Waals surface area contributed by atoms with Crippen LogP contribution in [-0.2, 0) is 9.53 Å². The molecule has 2 aromatic rings. The SMILES string of the molecule is Cc1ccc(C(=O)OCC(=O)NCC2COc3ccccc3O2)cn1. The number of hydrogen-bond acceptors (Lipinski definition) is 6. The van der Waals surface area contributed by atoms with Gasteiger partial charge in [0, 0.05) is 11.9 Å². The molecule has 1 aliphatic heterocycles. The van der Waals surface area contributed by atoms with Crippen molar-refractivity contribution in [2.45, 2.75) is 13.0 Å². The molecule has 1 unspecified atom stereocenters. The van der Waals surface area contributed by atoms with Crippen molar-refractivity contribution in [3.05, 3.63) is 53.9 Å². The molecule has 25 heavy (non-hydrogen) atoms. The van der Waals surface area contributed by atoms with Crippen LogP contribution in [0.3, 0.4) is 0 Å². The second-order valence-corrected chi connectivity index (χ2v) is 5.57. The number of aryl methyl sites for hydroxylation is 1. The zero-order valence-electron chi connectivity index (χ0n) is 13.7. The topological polar surface area (TPSA) is 86.8 Å². The molecule has 1 aromatic carbocycles. The van der Waals surface area contributed by atoms with Crippen LogP contribution in [0.1, 0.15) is 16.1 Å². The summed E-state index contributed by atoms with van der Waals surface area (Å²) in [6.45, 7) is 2.05. The third-order valence-electron chi connectivity index (χ3n) is 3.58. The molecule has 0 fully saturated rings. The van der Waals surface area contributed by atoms with Gasteiger partial charge < -0.3 is 19.5 Å². The summed E-state index contributed by atoms with van der Waals surface area (Å²) >= 11 is 0. The number of hydrogen-bond donors (Lipinski definition) is 1. The van der Waals surface area contributed by atoms with Crippen LogP contribution in [-0.4, -0.2) is 42.7 Å². The summed E-state index contributed by atoms with van der Waals surface area (Å²) in [6, 6.07) is 10.6. The number of rotatable bonds is 5. The van der Waals surface area contributed by atoms with Crippen molar-refractivity contribution in [1.29, 1.82) is 0 Å². The maximum absolute atomic E-state index is 11.8. The van der Waals surface area contributed by atoms with Gasteiger partial charge in [0.25, 0.3) is 5.91 Å². The monoisotopic (exact) mass is 342 g/mol. The summed E-state index contributed by atoms with van der Waals surface area (Å²) in [4.78, 5) is 27.6. The predicted molar refractivity (Wildman–Crippen MR) is 88.6 cm³/mol. The Kier molecular flexibility index (Phi) is 5.13. The standard InChI is InChI=1S/C18H18N2O5/c1-12-6-7-13(8-19-12)18(22)24-11-17(21)20-9-14-10-23-15-4-2-3-5-16(15)25-14/h2-8,14H,9-11H2,1H3,(H,20,21). The van der Waals surface area contributed by atoms with Gasteiger partial charge in [-0.1, -0.05) is 12.1 Å². The average Bonchev–Trinajstić information content (AvgIpc) is 2.65. The highest BCUT2D eigenvalue weighted by atomic mass is 16.6. The first-order valence-corrected chi connectivity index (χ1v) is 7.87. The summed E-state index contributed by atoms with van der Waals surface area (Å²) in [5.74, 6) is 0.335. The summed E-state index contributed by atoms with van der Waals surface area (Å²) < 4.78 is 16.3. The highest BCUT2D eigenvalue weighted by Crippen LogP contribution is 2.30.